The summed E-state index contributed by atoms with van der Waals surface area (Å²) < 4.78 is 0. The number of aromatic nitrogens is 2. The molecule has 0 spiro atoms. The fourth-order valence-electron chi connectivity index (χ4n) is 1.86. The van der Waals surface area contributed by atoms with Crippen molar-refractivity contribution in [2.45, 2.75) is 33.1 Å². The number of aryl methyl sites for hydroxylation is 1. The SMILES string of the molecule is Cc1cc(NCCc2csc(C(C)C)n2)ncc1[N+](=O)[O-]. The quantitative estimate of drug-likeness (QED) is 0.652. The molecule has 0 saturated heterocycles. The van der Waals surface area contributed by atoms with E-state index >= 15 is 0 Å². The number of anilines is 1. The van der Waals surface area contributed by atoms with Gasteiger partial charge in [0.1, 0.15) is 12.0 Å². The molecule has 0 bridgehead atoms. The molecule has 21 heavy (non-hydrogen) atoms. The molecular weight excluding hydrogens is 288 g/mol. The Morgan fingerprint density at radius 1 is 1.48 bits per heavy atom. The largest absolute Gasteiger partial charge is 0.370 e. The van der Waals surface area contributed by atoms with E-state index in [9.17, 15) is 10.1 Å². The summed E-state index contributed by atoms with van der Waals surface area (Å²) >= 11 is 1.68. The standard InChI is InChI=1S/C14H18N4O2S/c1-9(2)14-17-11(8-21-14)4-5-15-13-6-10(3)12(7-16-13)18(19)20/h6-9H,4-5H2,1-3H3,(H,15,16). The van der Waals surface area contributed by atoms with E-state index in [0.29, 0.717) is 23.8 Å². The van der Waals surface area contributed by atoms with Crippen LogP contribution in [0.25, 0.3) is 0 Å². The van der Waals surface area contributed by atoms with Crippen LogP contribution in [0.3, 0.4) is 0 Å². The summed E-state index contributed by atoms with van der Waals surface area (Å²) in [5, 5.41) is 17.1. The Hall–Kier alpha value is -2.02. The van der Waals surface area contributed by atoms with Crippen molar-refractivity contribution >= 4 is 22.8 Å². The Morgan fingerprint density at radius 3 is 2.81 bits per heavy atom. The molecule has 2 heterocycles. The second-order valence-corrected chi connectivity index (χ2v) is 6.01. The predicted octanol–water partition coefficient (Wildman–Crippen LogP) is 3.53. The molecule has 0 aliphatic rings. The van der Waals surface area contributed by atoms with Crippen LogP contribution >= 0.6 is 11.3 Å². The highest BCUT2D eigenvalue weighted by molar-refractivity contribution is 7.09. The molecule has 0 aromatic carbocycles. The van der Waals surface area contributed by atoms with Gasteiger partial charge in [0.15, 0.2) is 0 Å². The fourth-order valence-corrected chi connectivity index (χ4v) is 2.73. The minimum atomic E-state index is -0.422. The lowest BCUT2D eigenvalue weighted by atomic mass is 10.2. The lowest BCUT2D eigenvalue weighted by Crippen LogP contribution is -2.07. The van der Waals surface area contributed by atoms with Crippen LogP contribution in [0.15, 0.2) is 17.6 Å². The molecule has 6 nitrogen and oxygen atoms in total. The highest BCUT2D eigenvalue weighted by Crippen LogP contribution is 2.20. The summed E-state index contributed by atoms with van der Waals surface area (Å²) in [6.07, 6.45) is 2.10. The molecule has 0 fully saturated rings. The maximum absolute atomic E-state index is 10.7. The molecule has 0 unspecified atom stereocenters. The molecule has 112 valence electrons. The molecule has 2 aromatic rings. The van der Waals surface area contributed by atoms with Crippen LogP contribution in [-0.4, -0.2) is 21.4 Å². The minimum Gasteiger partial charge on any atom is -0.370 e. The van der Waals surface area contributed by atoms with E-state index in [-0.39, 0.29) is 5.69 Å². The van der Waals surface area contributed by atoms with Gasteiger partial charge in [-0.15, -0.1) is 11.3 Å². The maximum Gasteiger partial charge on any atom is 0.290 e. The molecule has 2 rings (SSSR count). The van der Waals surface area contributed by atoms with Crippen molar-refractivity contribution < 1.29 is 4.92 Å². The van der Waals surface area contributed by atoms with Crippen LogP contribution in [0.1, 0.15) is 36.0 Å². The van der Waals surface area contributed by atoms with E-state index in [1.54, 1.807) is 24.3 Å². The van der Waals surface area contributed by atoms with Gasteiger partial charge in [-0.3, -0.25) is 10.1 Å². The summed E-state index contributed by atoms with van der Waals surface area (Å²) in [7, 11) is 0. The van der Waals surface area contributed by atoms with Crippen molar-refractivity contribution in [3.63, 3.8) is 0 Å². The predicted molar refractivity (Wildman–Crippen MR) is 84.0 cm³/mol. The van der Waals surface area contributed by atoms with Gasteiger partial charge in [0.05, 0.1) is 15.6 Å². The van der Waals surface area contributed by atoms with E-state index < -0.39 is 4.92 Å². The average Bonchev–Trinajstić information content (AvgIpc) is 2.87. The zero-order valence-corrected chi connectivity index (χ0v) is 13.1. The van der Waals surface area contributed by atoms with Gasteiger partial charge in [-0.1, -0.05) is 13.8 Å². The third kappa shape index (κ3) is 3.98. The molecule has 0 aliphatic carbocycles. The summed E-state index contributed by atoms with van der Waals surface area (Å²) in [5.74, 6) is 1.10. The Kier molecular flexibility index (Phi) is 4.85. The number of hydrogen-bond donors (Lipinski definition) is 1. The highest BCUT2D eigenvalue weighted by Gasteiger charge is 2.11. The number of rotatable bonds is 6. The number of hydrogen-bond acceptors (Lipinski definition) is 6. The molecular formula is C14H18N4O2S. The average molecular weight is 306 g/mol. The van der Waals surface area contributed by atoms with Crippen molar-refractivity contribution in [2.24, 2.45) is 0 Å². The third-order valence-corrected chi connectivity index (χ3v) is 4.22. The van der Waals surface area contributed by atoms with Crippen LogP contribution in [0.4, 0.5) is 11.5 Å². The van der Waals surface area contributed by atoms with Crippen molar-refractivity contribution in [1.82, 2.24) is 9.97 Å². The fraction of sp³-hybridized carbons (Fsp3) is 0.429. The van der Waals surface area contributed by atoms with E-state index in [1.807, 2.05) is 0 Å². The number of nitrogens with zero attached hydrogens (tertiary/aromatic N) is 3. The van der Waals surface area contributed by atoms with Crippen molar-refractivity contribution in [3.8, 4) is 0 Å². The van der Waals surface area contributed by atoms with E-state index in [2.05, 4.69) is 34.5 Å². The van der Waals surface area contributed by atoms with Crippen molar-refractivity contribution in [2.75, 3.05) is 11.9 Å². The smallest absolute Gasteiger partial charge is 0.290 e. The number of nitrogens with one attached hydrogen (secondary N) is 1. The first-order valence-corrected chi connectivity index (χ1v) is 7.64. The Balaban J connectivity index is 1.91. The van der Waals surface area contributed by atoms with Gasteiger partial charge < -0.3 is 5.32 Å². The second-order valence-electron chi connectivity index (χ2n) is 5.12. The molecule has 2 aromatic heterocycles. The monoisotopic (exact) mass is 306 g/mol. The van der Waals surface area contributed by atoms with E-state index in [0.717, 1.165) is 17.1 Å². The number of pyridine rings is 1. The minimum absolute atomic E-state index is 0.0432. The third-order valence-electron chi connectivity index (χ3n) is 3.03. The van der Waals surface area contributed by atoms with Gasteiger partial charge in [-0.05, 0) is 13.0 Å². The van der Waals surface area contributed by atoms with Gasteiger partial charge in [-0.25, -0.2) is 9.97 Å². The maximum atomic E-state index is 10.7. The first-order valence-electron chi connectivity index (χ1n) is 6.76. The molecule has 0 radical (unpaired) electrons. The highest BCUT2D eigenvalue weighted by atomic mass is 32.1. The van der Waals surface area contributed by atoms with Crippen LogP contribution in [0, 0.1) is 17.0 Å². The molecule has 0 aliphatic heterocycles. The molecule has 7 heteroatoms. The normalized spacial score (nSPS) is 10.9. The van der Waals surface area contributed by atoms with Crippen LogP contribution < -0.4 is 5.32 Å². The lowest BCUT2D eigenvalue weighted by molar-refractivity contribution is -0.385. The van der Waals surface area contributed by atoms with E-state index in [1.165, 1.54) is 6.20 Å². The lowest BCUT2D eigenvalue weighted by Gasteiger charge is -2.05. The van der Waals surface area contributed by atoms with Crippen molar-refractivity contribution in [1.29, 1.82) is 0 Å². The Morgan fingerprint density at radius 2 is 2.24 bits per heavy atom. The Labute approximate surface area is 127 Å². The van der Waals surface area contributed by atoms with Crippen LogP contribution in [0.5, 0.6) is 0 Å². The second kappa shape index (κ2) is 6.62. The van der Waals surface area contributed by atoms with Gasteiger partial charge >= 0.3 is 0 Å². The first-order chi connectivity index (χ1) is 9.97. The Bertz CT molecular complexity index is 640. The molecule has 0 amide bonds. The number of thiazole rings is 1. The van der Waals surface area contributed by atoms with Gasteiger partial charge in [0.2, 0.25) is 0 Å². The zero-order valence-electron chi connectivity index (χ0n) is 12.3. The van der Waals surface area contributed by atoms with E-state index in [4.69, 9.17) is 0 Å². The summed E-state index contributed by atoms with van der Waals surface area (Å²) in [4.78, 5) is 18.9. The zero-order chi connectivity index (χ0) is 15.4. The van der Waals surface area contributed by atoms with Gasteiger partial charge in [0, 0.05) is 29.8 Å². The van der Waals surface area contributed by atoms with Crippen molar-refractivity contribution in [3.05, 3.63) is 44.0 Å². The molecule has 1 N–H and O–H groups in total. The number of nitro groups is 1. The summed E-state index contributed by atoms with van der Waals surface area (Å²) in [6.45, 7) is 6.67. The molecule has 0 saturated carbocycles. The van der Waals surface area contributed by atoms with Crippen LogP contribution in [0.2, 0.25) is 0 Å². The van der Waals surface area contributed by atoms with Crippen LogP contribution in [-0.2, 0) is 6.42 Å². The van der Waals surface area contributed by atoms with Gasteiger partial charge in [0.25, 0.3) is 5.69 Å². The summed E-state index contributed by atoms with van der Waals surface area (Å²) in [5.41, 5.74) is 1.71. The molecule has 0 atom stereocenters. The van der Waals surface area contributed by atoms with Gasteiger partial charge in [-0.2, -0.15) is 0 Å². The summed E-state index contributed by atoms with van der Waals surface area (Å²) in [6, 6.07) is 1.69. The topological polar surface area (TPSA) is 81.0 Å². The first kappa shape index (κ1) is 15.4.